The molecule has 0 heterocycles. The summed E-state index contributed by atoms with van der Waals surface area (Å²) in [6.45, 7) is 7.12. The molecule has 30 heavy (non-hydrogen) atoms. The van der Waals surface area contributed by atoms with Crippen LogP contribution in [-0.2, 0) is 30.9 Å². The number of likely N-dealkylation sites (N-methyl/N-ethyl adjacent to an activating group) is 1. The third-order valence-corrected chi connectivity index (χ3v) is 6.24. The monoisotopic (exact) mass is 432 g/mol. The molecule has 0 radical (unpaired) electrons. The number of nitrogens with zero attached hydrogens (tertiary/aromatic N) is 1. The van der Waals surface area contributed by atoms with Crippen molar-refractivity contribution in [2.75, 3.05) is 13.7 Å². The zero-order valence-corrected chi connectivity index (χ0v) is 18.7. The van der Waals surface area contributed by atoms with Gasteiger partial charge in [0.1, 0.15) is 6.04 Å². The first-order valence-electron chi connectivity index (χ1n) is 9.55. The first kappa shape index (κ1) is 23.6. The zero-order chi connectivity index (χ0) is 22.5. The Bertz CT molecular complexity index is 1020. The Kier molecular flexibility index (Phi) is 7.75. The minimum atomic E-state index is -3.87. The molecule has 0 fully saturated rings. The molecule has 0 spiro atoms. The van der Waals surface area contributed by atoms with Gasteiger partial charge in [0.2, 0.25) is 10.0 Å². The second-order valence-corrected chi connectivity index (χ2v) is 9.16. The lowest BCUT2D eigenvalue weighted by atomic mass is 10.1. The van der Waals surface area contributed by atoms with Crippen molar-refractivity contribution < 1.29 is 22.7 Å². The van der Waals surface area contributed by atoms with Crippen molar-refractivity contribution in [1.29, 1.82) is 0 Å². The number of esters is 1. The minimum absolute atomic E-state index is 0.0528. The van der Waals surface area contributed by atoms with Crippen molar-refractivity contribution in [3.8, 4) is 0 Å². The van der Waals surface area contributed by atoms with Gasteiger partial charge in [-0.1, -0.05) is 41.5 Å². The van der Waals surface area contributed by atoms with Gasteiger partial charge >= 0.3 is 5.97 Å². The molecule has 0 aliphatic heterocycles. The van der Waals surface area contributed by atoms with Gasteiger partial charge in [0.15, 0.2) is 6.61 Å². The predicted octanol–water partition coefficient (Wildman–Crippen LogP) is 2.48. The van der Waals surface area contributed by atoms with Crippen LogP contribution in [0.15, 0.2) is 47.4 Å². The van der Waals surface area contributed by atoms with E-state index in [2.05, 4.69) is 4.72 Å². The number of carbonyl (C=O) groups is 2. The van der Waals surface area contributed by atoms with E-state index in [1.165, 1.54) is 24.0 Å². The van der Waals surface area contributed by atoms with Gasteiger partial charge in [0.25, 0.3) is 5.91 Å². The Morgan fingerprint density at radius 2 is 1.63 bits per heavy atom. The van der Waals surface area contributed by atoms with E-state index in [9.17, 15) is 18.0 Å². The quantitative estimate of drug-likeness (QED) is 0.647. The van der Waals surface area contributed by atoms with Crippen LogP contribution in [0.1, 0.15) is 29.2 Å². The van der Waals surface area contributed by atoms with Gasteiger partial charge in [0.05, 0.1) is 4.90 Å². The fraction of sp³-hybridized carbons (Fsp3) is 0.364. The summed E-state index contributed by atoms with van der Waals surface area (Å²) in [5.74, 6) is -1.20. The number of amides is 1. The number of ether oxygens (including phenoxy) is 1. The fourth-order valence-electron chi connectivity index (χ4n) is 2.80. The van der Waals surface area contributed by atoms with Crippen LogP contribution in [0.4, 0.5) is 0 Å². The summed E-state index contributed by atoms with van der Waals surface area (Å²) in [7, 11) is -2.25. The Morgan fingerprint density at radius 1 is 1.03 bits per heavy atom. The summed E-state index contributed by atoms with van der Waals surface area (Å²) >= 11 is 0. The fourth-order valence-corrected chi connectivity index (χ4v) is 3.99. The van der Waals surface area contributed by atoms with Crippen molar-refractivity contribution in [3.63, 3.8) is 0 Å². The molecule has 2 rings (SSSR count). The molecule has 7 nitrogen and oxygen atoms in total. The van der Waals surface area contributed by atoms with Gasteiger partial charge in [-0.25, -0.2) is 8.42 Å². The minimum Gasteiger partial charge on any atom is -0.454 e. The van der Waals surface area contributed by atoms with Crippen molar-refractivity contribution in [2.45, 2.75) is 45.2 Å². The average molecular weight is 433 g/mol. The van der Waals surface area contributed by atoms with E-state index >= 15 is 0 Å². The molecule has 8 heteroatoms. The van der Waals surface area contributed by atoms with Gasteiger partial charge in [-0.3, -0.25) is 9.59 Å². The van der Waals surface area contributed by atoms with Crippen LogP contribution < -0.4 is 4.72 Å². The highest BCUT2D eigenvalue weighted by Gasteiger charge is 2.24. The van der Waals surface area contributed by atoms with E-state index in [1.807, 2.05) is 39.0 Å². The number of hydrogen-bond donors (Lipinski definition) is 1. The maximum atomic E-state index is 12.4. The molecule has 0 aliphatic rings. The summed E-state index contributed by atoms with van der Waals surface area (Å²) in [5.41, 5.74) is 4.14. The van der Waals surface area contributed by atoms with Crippen LogP contribution in [0, 0.1) is 20.8 Å². The van der Waals surface area contributed by atoms with Crippen molar-refractivity contribution >= 4 is 21.9 Å². The summed E-state index contributed by atoms with van der Waals surface area (Å²) < 4.78 is 32.0. The molecular weight excluding hydrogens is 404 g/mol. The van der Waals surface area contributed by atoms with E-state index < -0.39 is 28.6 Å². The summed E-state index contributed by atoms with van der Waals surface area (Å²) in [6, 6.07) is 11.1. The molecule has 1 N–H and O–H groups in total. The Balaban J connectivity index is 1.89. The first-order chi connectivity index (χ1) is 14.0. The van der Waals surface area contributed by atoms with E-state index in [-0.39, 0.29) is 10.8 Å². The summed E-state index contributed by atoms with van der Waals surface area (Å²) in [6.07, 6.45) is 0. The zero-order valence-electron chi connectivity index (χ0n) is 17.9. The second kappa shape index (κ2) is 9.86. The SMILES string of the molecule is Cc1ccc(S(=O)(=O)N[C@@H](C)C(=O)OCC(=O)N(C)Cc2ccc(C)cc2C)cc1. The van der Waals surface area contributed by atoms with E-state index in [0.29, 0.717) is 6.54 Å². The van der Waals surface area contributed by atoms with Crippen LogP contribution in [0.2, 0.25) is 0 Å². The molecule has 0 saturated heterocycles. The van der Waals surface area contributed by atoms with Crippen LogP contribution in [0.5, 0.6) is 0 Å². The molecule has 2 aromatic carbocycles. The maximum Gasteiger partial charge on any atom is 0.324 e. The van der Waals surface area contributed by atoms with Gasteiger partial charge in [0, 0.05) is 13.6 Å². The molecule has 1 amide bonds. The Hall–Kier alpha value is -2.71. The van der Waals surface area contributed by atoms with Crippen LogP contribution in [-0.4, -0.2) is 44.9 Å². The molecule has 0 aromatic heterocycles. The van der Waals surface area contributed by atoms with Gasteiger partial charge in [-0.15, -0.1) is 0 Å². The predicted molar refractivity (Wildman–Crippen MR) is 114 cm³/mol. The number of aryl methyl sites for hydroxylation is 3. The normalized spacial score (nSPS) is 12.3. The number of carbonyl (C=O) groups excluding carboxylic acids is 2. The highest BCUT2D eigenvalue weighted by Crippen LogP contribution is 2.13. The van der Waals surface area contributed by atoms with Gasteiger partial charge in [-0.05, 0) is 51.0 Å². The van der Waals surface area contributed by atoms with Crippen molar-refractivity contribution in [2.24, 2.45) is 0 Å². The van der Waals surface area contributed by atoms with Crippen LogP contribution >= 0.6 is 0 Å². The molecule has 0 aliphatic carbocycles. The third kappa shape index (κ3) is 6.40. The number of benzene rings is 2. The smallest absolute Gasteiger partial charge is 0.324 e. The van der Waals surface area contributed by atoms with E-state index in [4.69, 9.17) is 4.74 Å². The van der Waals surface area contributed by atoms with Gasteiger partial charge < -0.3 is 9.64 Å². The Morgan fingerprint density at radius 3 is 2.23 bits per heavy atom. The largest absolute Gasteiger partial charge is 0.454 e. The van der Waals surface area contributed by atoms with Gasteiger partial charge in [-0.2, -0.15) is 4.72 Å². The molecular formula is C22H28N2O5S. The molecule has 162 valence electrons. The van der Waals surface area contributed by atoms with Crippen LogP contribution in [0.25, 0.3) is 0 Å². The second-order valence-electron chi connectivity index (χ2n) is 7.44. The first-order valence-corrected chi connectivity index (χ1v) is 11.0. The summed E-state index contributed by atoms with van der Waals surface area (Å²) in [4.78, 5) is 26.0. The topological polar surface area (TPSA) is 92.8 Å². The third-order valence-electron chi connectivity index (χ3n) is 4.69. The number of sulfonamides is 1. The lowest BCUT2D eigenvalue weighted by Gasteiger charge is -2.19. The standard InChI is InChI=1S/C22H28N2O5S/c1-15-7-10-20(11-8-15)30(27,28)23-18(4)22(26)29-14-21(25)24(5)13-19-9-6-16(2)12-17(19)3/h6-12,18,23H,13-14H2,1-5H3/t18-/m0/s1. The highest BCUT2D eigenvalue weighted by atomic mass is 32.2. The number of nitrogens with one attached hydrogen (secondary N) is 1. The van der Waals surface area contributed by atoms with Crippen molar-refractivity contribution in [1.82, 2.24) is 9.62 Å². The number of rotatable bonds is 8. The molecule has 0 bridgehead atoms. The lowest BCUT2D eigenvalue weighted by Crippen LogP contribution is -2.41. The van der Waals surface area contributed by atoms with E-state index in [1.54, 1.807) is 19.2 Å². The van der Waals surface area contributed by atoms with Crippen LogP contribution in [0.3, 0.4) is 0 Å². The number of hydrogen-bond acceptors (Lipinski definition) is 5. The Labute approximate surface area is 178 Å². The molecule has 1 atom stereocenters. The molecule has 2 aromatic rings. The van der Waals surface area contributed by atoms with E-state index in [0.717, 1.165) is 22.3 Å². The maximum absolute atomic E-state index is 12.4. The molecule has 0 saturated carbocycles. The average Bonchev–Trinajstić information content (AvgIpc) is 2.67. The molecule has 0 unspecified atom stereocenters. The highest BCUT2D eigenvalue weighted by molar-refractivity contribution is 7.89. The lowest BCUT2D eigenvalue weighted by molar-refractivity contribution is -0.152. The van der Waals surface area contributed by atoms with Crippen molar-refractivity contribution in [3.05, 3.63) is 64.7 Å². The summed E-state index contributed by atoms with van der Waals surface area (Å²) in [5, 5.41) is 0.